The monoisotopic (exact) mass is 455 g/mol. The largest absolute Gasteiger partial charge is 0.453 e. The average molecular weight is 456 g/mol. The number of carbonyl (C=O) groups excluding carboxylic acids is 3. The van der Waals surface area contributed by atoms with Gasteiger partial charge in [0, 0.05) is 13.1 Å². The number of pyridine rings is 1. The standard InChI is InChI=1S/C19H26FN5O5S/c1-19(2,3)30-17(27)23-13-10-25(18(28)29-4)8-7-12(13)22-16(31)15(26)24-14-6-5-11(20)9-21-14/h5-6,9,12-13H,7-8,10H2,1-4H3,(H,22,31)(H,23,27)(H,21,24,26). The molecule has 31 heavy (non-hydrogen) atoms. The number of hydrogen-bond acceptors (Lipinski definition) is 7. The van der Waals surface area contributed by atoms with Crippen LogP contribution < -0.4 is 16.0 Å². The summed E-state index contributed by atoms with van der Waals surface area (Å²) in [5, 5.41) is 8.10. The van der Waals surface area contributed by atoms with Crippen LogP contribution in [0.3, 0.4) is 0 Å². The molecule has 0 bridgehead atoms. The first kappa shape index (κ1) is 24.3. The highest BCUT2D eigenvalue weighted by molar-refractivity contribution is 7.82. The Labute approximate surface area is 184 Å². The van der Waals surface area contributed by atoms with Crippen molar-refractivity contribution in [2.45, 2.75) is 44.9 Å². The highest BCUT2D eigenvalue weighted by atomic mass is 32.1. The molecule has 3 N–H and O–H groups in total. The van der Waals surface area contributed by atoms with E-state index in [4.69, 9.17) is 21.7 Å². The van der Waals surface area contributed by atoms with Gasteiger partial charge in [-0.15, -0.1) is 0 Å². The van der Waals surface area contributed by atoms with Gasteiger partial charge >= 0.3 is 12.2 Å². The average Bonchev–Trinajstić information content (AvgIpc) is 2.68. The third kappa shape index (κ3) is 7.63. The third-order valence-electron chi connectivity index (χ3n) is 4.24. The number of piperidine rings is 1. The van der Waals surface area contributed by atoms with Crippen LogP contribution in [-0.2, 0) is 14.3 Å². The Kier molecular flexibility index (Phi) is 8.08. The van der Waals surface area contributed by atoms with E-state index in [1.807, 2.05) is 0 Å². The van der Waals surface area contributed by atoms with Crippen molar-refractivity contribution < 1.29 is 28.2 Å². The zero-order chi connectivity index (χ0) is 23.2. The van der Waals surface area contributed by atoms with Gasteiger partial charge in [-0.2, -0.15) is 0 Å². The number of likely N-dealkylation sites (tertiary alicyclic amines) is 1. The molecule has 0 radical (unpaired) electrons. The van der Waals surface area contributed by atoms with Crippen molar-refractivity contribution in [2.75, 3.05) is 25.5 Å². The minimum Gasteiger partial charge on any atom is -0.453 e. The molecule has 0 saturated carbocycles. The summed E-state index contributed by atoms with van der Waals surface area (Å²) in [6, 6.07) is 1.41. The minimum absolute atomic E-state index is 0.132. The maximum absolute atomic E-state index is 13.0. The molecule has 12 heteroatoms. The summed E-state index contributed by atoms with van der Waals surface area (Å²) in [7, 11) is 1.27. The van der Waals surface area contributed by atoms with Crippen LogP contribution in [0.1, 0.15) is 27.2 Å². The van der Waals surface area contributed by atoms with Gasteiger partial charge in [0.05, 0.1) is 25.4 Å². The molecule has 0 aliphatic carbocycles. The van der Waals surface area contributed by atoms with Gasteiger partial charge in [0.15, 0.2) is 4.99 Å². The lowest BCUT2D eigenvalue weighted by atomic mass is 9.99. The molecular weight excluding hydrogens is 429 g/mol. The molecule has 0 spiro atoms. The number of ether oxygens (including phenoxy) is 2. The van der Waals surface area contributed by atoms with E-state index >= 15 is 0 Å². The van der Waals surface area contributed by atoms with Gasteiger partial charge in [-0.3, -0.25) is 4.79 Å². The Morgan fingerprint density at radius 3 is 2.52 bits per heavy atom. The lowest BCUT2D eigenvalue weighted by Gasteiger charge is -2.38. The molecule has 1 fully saturated rings. The number of nitrogens with one attached hydrogen (secondary N) is 3. The second-order valence-electron chi connectivity index (χ2n) is 7.85. The summed E-state index contributed by atoms with van der Waals surface area (Å²) in [5.41, 5.74) is -0.707. The van der Waals surface area contributed by atoms with E-state index in [9.17, 15) is 18.8 Å². The van der Waals surface area contributed by atoms with Crippen molar-refractivity contribution in [1.29, 1.82) is 0 Å². The number of halogens is 1. The van der Waals surface area contributed by atoms with Gasteiger partial charge in [-0.05, 0) is 39.3 Å². The Hall–Kier alpha value is -3.02. The molecule has 2 rings (SSSR count). The van der Waals surface area contributed by atoms with Crippen LogP contribution in [0, 0.1) is 5.82 Å². The van der Waals surface area contributed by atoms with E-state index in [1.54, 1.807) is 20.8 Å². The Bertz CT molecular complexity index is 830. The quantitative estimate of drug-likeness (QED) is 0.590. The SMILES string of the molecule is COC(=O)N1CCC(NC(=S)C(=O)Nc2ccc(F)cn2)C(NC(=O)OC(C)(C)C)C1. The summed E-state index contributed by atoms with van der Waals surface area (Å²) < 4.78 is 23.0. The number of carbonyl (C=O) groups is 3. The molecule has 2 unspecified atom stereocenters. The molecule has 1 saturated heterocycles. The van der Waals surface area contributed by atoms with Gasteiger partial charge in [0.1, 0.15) is 17.2 Å². The second-order valence-corrected chi connectivity index (χ2v) is 8.26. The zero-order valence-electron chi connectivity index (χ0n) is 17.7. The van der Waals surface area contributed by atoms with Crippen molar-refractivity contribution in [1.82, 2.24) is 20.5 Å². The van der Waals surface area contributed by atoms with E-state index in [0.717, 1.165) is 12.3 Å². The number of methoxy groups -OCH3 is 1. The van der Waals surface area contributed by atoms with Crippen LogP contribution in [0.15, 0.2) is 18.3 Å². The normalized spacial score (nSPS) is 18.5. The molecule has 1 aliphatic rings. The van der Waals surface area contributed by atoms with Crippen molar-refractivity contribution in [3.05, 3.63) is 24.1 Å². The lowest BCUT2D eigenvalue weighted by molar-refractivity contribution is -0.110. The van der Waals surface area contributed by atoms with Crippen LogP contribution in [0.5, 0.6) is 0 Å². The van der Waals surface area contributed by atoms with Crippen LogP contribution in [0.2, 0.25) is 0 Å². The number of alkyl carbamates (subject to hydrolysis) is 1. The van der Waals surface area contributed by atoms with Gasteiger partial charge in [-0.1, -0.05) is 12.2 Å². The number of amides is 3. The number of nitrogens with zero attached hydrogens (tertiary/aromatic N) is 2. The third-order valence-corrected chi connectivity index (χ3v) is 4.54. The van der Waals surface area contributed by atoms with Gasteiger partial charge in [0.25, 0.3) is 5.91 Å². The van der Waals surface area contributed by atoms with E-state index in [0.29, 0.717) is 13.0 Å². The number of anilines is 1. The van der Waals surface area contributed by atoms with Gasteiger partial charge in [-0.25, -0.2) is 19.0 Å². The van der Waals surface area contributed by atoms with Crippen molar-refractivity contribution in [2.24, 2.45) is 0 Å². The maximum atomic E-state index is 13.0. The summed E-state index contributed by atoms with van der Waals surface area (Å²) in [4.78, 5) is 41.6. The molecular formula is C19H26FN5O5S. The Morgan fingerprint density at radius 2 is 1.94 bits per heavy atom. The molecule has 1 aromatic heterocycles. The number of aromatic nitrogens is 1. The predicted octanol–water partition coefficient (Wildman–Crippen LogP) is 1.81. The molecule has 2 heterocycles. The Balaban J connectivity index is 2.04. The van der Waals surface area contributed by atoms with Gasteiger partial charge in [0.2, 0.25) is 0 Å². The second kappa shape index (κ2) is 10.3. The van der Waals surface area contributed by atoms with Gasteiger partial charge < -0.3 is 30.3 Å². The molecule has 3 amide bonds. The van der Waals surface area contributed by atoms with Crippen LogP contribution >= 0.6 is 12.2 Å². The lowest BCUT2D eigenvalue weighted by Crippen LogP contribution is -2.62. The van der Waals surface area contributed by atoms with Crippen LogP contribution in [-0.4, -0.2) is 70.9 Å². The first-order valence-electron chi connectivity index (χ1n) is 9.54. The molecule has 2 atom stereocenters. The maximum Gasteiger partial charge on any atom is 0.409 e. The first-order valence-corrected chi connectivity index (χ1v) is 9.95. The molecule has 170 valence electrons. The van der Waals surface area contributed by atoms with E-state index in [-0.39, 0.29) is 17.4 Å². The number of thiocarbonyl (C=S) groups is 1. The van der Waals surface area contributed by atoms with Crippen LogP contribution in [0.25, 0.3) is 0 Å². The van der Waals surface area contributed by atoms with Crippen molar-refractivity contribution >= 4 is 41.1 Å². The minimum atomic E-state index is -0.707. The van der Waals surface area contributed by atoms with E-state index in [2.05, 4.69) is 20.9 Å². The van der Waals surface area contributed by atoms with Crippen LogP contribution in [0.4, 0.5) is 19.8 Å². The summed E-state index contributed by atoms with van der Waals surface area (Å²) in [6.07, 6.45) is 0.159. The molecule has 1 aliphatic heterocycles. The topological polar surface area (TPSA) is 122 Å². The molecule has 10 nitrogen and oxygen atoms in total. The number of rotatable bonds is 3. The first-order chi connectivity index (χ1) is 14.5. The fourth-order valence-corrected chi connectivity index (χ4v) is 3.08. The van der Waals surface area contributed by atoms with Crippen molar-refractivity contribution in [3.63, 3.8) is 0 Å². The fourth-order valence-electron chi connectivity index (χ4n) is 2.88. The fraction of sp³-hybridized carbons (Fsp3) is 0.526. The zero-order valence-corrected chi connectivity index (χ0v) is 18.5. The highest BCUT2D eigenvalue weighted by Crippen LogP contribution is 2.15. The highest BCUT2D eigenvalue weighted by Gasteiger charge is 2.35. The predicted molar refractivity (Wildman–Crippen MR) is 114 cm³/mol. The molecule has 0 aromatic carbocycles. The van der Waals surface area contributed by atoms with E-state index in [1.165, 1.54) is 18.1 Å². The van der Waals surface area contributed by atoms with Crippen molar-refractivity contribution in [3.8, 4) is 0 Å². The summed E-state index contributed by atoms with van der Waals surface area (Å²) >= 11 is 5.17. The van der Waals surface area contributed by atoms with E-state index < -0.39 is 41.6 Å². The summed E-state index contributed by atoms with van der Waals surface area (Å²) in [5.74, 6) is -1.04. The summed E-state index contributed by atoms with van der Waals surface area (Å²) in [6.45, 7) is 5.65. The molecule has 1 aromatic rings. The Morgan fingerprint density at radius 1 is 1.23 bits per heavy atom. The number of hydrogen-bond donors (Lipinski definition) is 3. The smallest absolute Gasteiger partial charge is 0.409 e.